The molecule has 0 saturated carbocycles. The molecule has 0 bridgehead atoms. The van der Waals surface area contributed by atoms with Crippen LogP contribution >= 0.6 is 0 Å². The second-order valence-electron chi connectivity index (χ2n) is 4.21. The Morgan fingerprint density at radius 1 is 1.29 bits per heavy atom. The highest BCUT2D eigenvalue weighted by Crippen LogP contribution is 2.21. The largest absolute Gasteiger partial charge is 0.497 e. The molecular weight excluding hydrogens is 280 g/mol. The van der Waals surface area contributed by atoms with Crippen LogP contribution in [0.5, 0.6) is 0 Å². The van der Waals surface area contributed by atoms with Gasteiger partial charge in [-0.3, -0.25) is 9.59 Å². The van der Waals surface area contributed by atoms with Gasteiger partial charge in [0, 0.05) is 25.5 Å². The summed E-state index contributed by atoms with van der Waals surface area (Å²) in [5, 5.41) is 0. The Morgan fingerprint density at radius 3 is 2.52 bits per heavy atom. The fourth-order valence-electron chi connectivity index (χ4n) is 1.73. The smallest absolute Gasteiger partial charge is 0.330 e. The molecule has 21 heavy (non-hydrogen) atoms. The van der Waals surface area contributed by atoms with Crippen LogP contribution in [0.2, 0.25) is 0 Å². The number of hydrogen-bond acceptors (Lipinski definition) is 7. The average molecular weight is 298 g/mol. The van der Waals surface area contributed by atoms with Gasteiger partial charge in [0.15, 0.2) is 12.2 Å². The lowest BCUT2D eigenvalue weighted by Crippen LogP contribution is -2.41. The molecule has 0 amide bonds. The van der Waals surface area contributed by atoms with Crippen LogP contribution in [0.1, 0.15) is 20.8 Å². The van der Waals surface area contributed by atoms with Gasteiger partial charge in [0.05, 0.1) is 12.9 Å². The fourth-order valence-corrected chi connectivity index (χ4v) is 1.73. The van der Waals surface area contributed by atoms with Crippen molar-refractivity contribution in [3.8, 4) is 0 Å². The molecule has 0 aliphatic carbocycles. The number of esters is 3. The second kappa shape index (κ2) is 8.08. The van der Waals surface area contributed by atoms with Gasteiger partial charge in [0.1, 0.15) is 6.61 Å². The van der Waals surface area contributed by atoms with Crippen LogP contribution in [0.25, 0.3) is 0 Å². The van der Waals surface area contributed by atoms with Crippen LogP contribution in [0.15, 0.2) is 24.0 Å². The predicted molar refractivity (Wildman–Crippen MR) is 70.9 cm³/mol. The maximum atomic E-state index is 11.3. The van der Waals surface area contributed by atoms with E-state index in [1.807, 2.05) is 0 Å². The number of ether oxygens (including phenoxy) is 4. The summed E-state index contributed by atoms with van der Waals surface area (Å²) < 4.78 is 20.1. The maximum Gasteiger partial charge on any atom is 0.330 e. The predicted octanol–water partition coefficient (Wildman–Crippen LogP) is 0.883. The lowest BCUT2D eigenvalue weighted by molar-refractivity contribution is -0.167. The third kappa shape index (κ3) is 5.68. The van der Waals surface area contributed by atoms with Gasteiger partial charge in [-0.25, -0.2) is 4.79 Å². The molecule has 0 aromatic carbocycles. The summed E-state index contributed by atoms with van der Waals surface area (Å²) in [6.07, 6.45) is 2.35. The molecule has 2 atom stereocenters. The highest BCUT2D eigenvalue weighted by atomic mass is 16.6. The molecular formula is C14H18O7. The lowest BCUT2D eigenvalue weighted by atomic mass is 10.0. The molecule has 0 spiro atoms. The van der Waals surface area contributed by atoms with Crippen LogP contribution in [0, 0.1) is 0 Å². The second-order valence-corrected chi connectivity index (χ2v) is 4.21. The normalized spacial score (nSPS) is 21.2. The number of hydrogen-bond donors (Lipinski definition) is 0. The topological polar surface area (TPSA) is 88.1 Å². The summed E-state index contributed by atoms with van der Waals surface area (Å²) in [5.41, 5.74) is 0.399. The molecule has 1 rings (SSSR count). The van der Waals surface area contributed by atoms with Gasteiger partial charge in [0.25, 0.3) is 0 Å². The van der Waals surface area contributed by atoms with E-state index < -0.39 is 30.1 Å². The summed E-state index contributed by atoms with van der Waals surface area (Å²) in [6.45, 7) is 4.49. The summed E-state index contributed by atoms with van der Waals surface area (Å²) in [4.78, 5) is 33.6. The van der Waals surface area contributed by atoms with E-state index in [0.29, 0.717) is 5.57 Å². The van der Waals surface area contributed by atoms with Gasteiger partial charge in [-0.05, 0) is 13.0 Å². The zero-order chi connectivity index (χ0) is 15.8. The van der Waals surface area contributed by atoms with Gasteiger partial charge < -0.3 is 18.9 Å². The molecule has 1 aliphatic heterocycles. The monoisotopic (exact) mass is 298 g/mol. The standard InChI is InChI=1S/C14H18O7/c1-4-19-13(17)6-5-11-7-18-8-12(20-9(2)15)14(11)21-10(3)16/h5-7,12,14H,4,8H2,1-3H3/b6-5+/t12-,14+/m1/s1. The van der Waals surface area contributed by atoms with Crippen LogP contribution in [0.4, 0.5) is 0 Å². The van der Waals surface area contributed by atoms with Gasteiger partial charge in [0.2, 0.25) is 0 Å². The molecule has 0 aromatic rings. The maximum absolute atomic E-state index is 11.3. The van der Waals surface area contributed by atoms with E-state index in [0.717, 1.165) is 0 Å². The van der Waals surface area contributed by atoms with Crippen LogP contribution in [0.3, 0.4) is 0 Å². The quantitative estimate of drug-likeness (QED) is 0.423. The number of carbonyl (C=O) groups excluding carboxylic acids is 3. The lowest BCUT2D eigenvalue weighted by Gasteiger charge is -2.29. The molecule has 0 saturated heterocycles. The average Bonchev–Trinajstić information content (AvgIpc) is 2.38. The molecule has 1 aliphatic rings. The summed E-state index contributed by atoms with van der Waals surface area (Å²) in [7, 11) is 0. The van der Waals surface area contributed by atoms with Crippen molar-refractivity contribution >= 4 is 17.9 Å². The van der Waals surface area contributed by atoms with Crippen molar-refractivity contribution in [2.45, 2.75) is 33.0 Å². The fraction of sp³-hybridized carbons (Fsp3) is 0.500. The molecule has 0 unspecified atom stereocenters. The first-order chi connectivity index (χ1) is 9.93. The molecule has 116 valence electrons. The minimum Gasteiger partial charge on any atom is -0.497 e. The highest BCUT2D eigenvalue weighted by Gasteiger charge is 2.33. The van der Waals surface area contributed by atoms with E-state index >= 15 is 0 Å². The first-order valence-corrected chi connectivity index (χ1v) is 6.45. The van der Waals surface area contributed by atoms with Crippen LogP contribution in [-0.2, 0) is 33.3 Å². The molecule has 0 radical (unpaired) electrons. The molecule has 7 heteroatoms. The third-order valence-corrected chi connectivity index (χ3v) is 2.45. The minimum atomic E-state index is -0.828. The zero-order valence-electron chi connectivity index (χ0n) is 12.2. The Kier molecular flexibility index (Phi) is 6.45. The Hall–Kier alpha value is -2.31. The van der Waals surface area contributed by atoms with Crippen molar-refractivity contribution in [3.05, 3.63) is 24.0 Å². The first-order valence-electron chi connectivity index (χ1n) is 6.45. The SMILES string of the molecule is CCOC(=O)/C=C/C1=COC[C@@H](OC(C)=O)[C@H]1OC(C)=O. The molecule has 0 aromatic heterocycles. The van der Waals surface area contributed by atoms with Crippen molar-refractivity contribution < 1.29 is 33.3 Å². The van der Waals surface area contributed by atoms with Crippen LogP contribution in [-0.4, -0.2) is 43.3 Å². The molecule has 0 N–H and O–H groups in total. The van der Waals surface area contributed by atoms with Gasteiger partial charge in [-0.1, -0.05) is 0 Å². The van der Waals surface area contributed by atoms with Gasteiger partial charge in [-0.2, -0.15) is 0 Å². The van der Waals surface area contributed by atoms with Crippen molar-refractivity contribution in [2.75, 3.05) is 13.2 Å². The molecule has 1 heterocycles. The van der Waals surface area contributed by atoms with Crippen molar-refractivity contribution in [1.29, 1.82) is 0 Å². The first kappa shape index (κ1) is 16.7. The van der Waals surface area contributed by atoms with Crippen LogP contribution < -0.4 is 0 Å². The van der Waals surface area contributed by atoms with Crippen molar-refractivity contribution in [2.24, 2.45) is 0 Å². The van der Waals surface area contributed by atoms with E-state index in [1.165, 1.54) is 32.3 Å². The zero-order valence-corrected chi connectivity index (χ0v) is 12.2. The minimum absolute atomic E-state index is 0.0638. The molecule has 7 nitrogen and oxygen atoms in total. The van der Waals surface area contributed by atoms with Gasteiger partial charge >= 0.3 is 17.9 Å². The number of rotatable bonds is 5. The summed E-state index contributed by atoms with van der Waals surface area (Å²) >= 11 is 0. The summed E-state index contributed by atoms with van der Waals surface area (Å²) in [5.74, 6) is -1.58. The summed E-state index contributed by atoms with van der Waals surface area (Å²) in [6, 6.07) is 0. The third-order valence-electron chi connectivity index (χ3n) is 2.45. The Balaban J connectivity index is 2.87. The van der Waals surface area contributed by atoms with Gasteiger partial charge in [-0.15, -0.1) is 0 Å². The van der Waals surface area contributed by atoms with E-state index in [1.54, 1.807) is 6.92 Å². The Morgan fingerprint density at radius 2 is 1.95 bits per heavy atom. The van der Waals surface area contributed by atoms with E-state index in [9.17, 15) is 14.4 Å². The van der Waals surface area contributed by atoms with E-state index in [-0.39, 0.29) is 13.2 Å². The van der Waals surface area contributed by atoms with E-state index in [2.05, 4.69) is 0 Å². The van der Waals surface area contributed by atoms with E-state index in [4.69, 9.17) is 18.9 Å². The Labute approximate surface area is 122 Å². The Bertz CT molecular complexity index is 464. The van der Waals surface area contributed by atoms with Crippen molar-refractivity contribution in [1.82, 2.24) is 0 Å². The highest BCUT2D eigenvalue weighted by molar-refractivity contribution is 5.82. The van der Waals surface area contributed by atoms with Crippen molar-refractivity contribution in [3.63, 3.8) is 0 Å². The number of carbonyl (C=O) groups is 3. The molecule has 0 fully saturated rings.